The lowest BCUT2D eigenvalue weighted by Crippen LogP contribution is -2.31. The summed E-state index contributed by atoms with van der Waals surface area (Å²) >= 11 is 0. The maximum Gasteiger partial charge on any atom is 0.309 e. The Labute approximate surface area is 166 Å². The molecule has 1 fully saturated rings. The van der Waals surface area contributed by atoms with Gasteiger partial charge in [-0.2, -0.15) is 0 Å². The van der Waals surface area contributed by atoms with E-state index in [2.05, 4.69) is 68.5 Å². The highest BCUT2D eigenvalue weighted by atomic mass is 16.5. The number of esters is 1. The molecule has 3 heteroatoms. The van der Waals surface area contributed by atoms with E-state index in [0.717, 1.165) is 6.42 Å². The van der Waals surface area contributed by atoms with Gasteiger partial charge in [-0.3, -0.25) is 4.79 Å². The van der Waals surface area contributed by atoms with Gasteiger partial charge in [-0.1, -0.05) is 74.5 Å². The standard InChI is InChI=1S/C25H26O3/c1-25(2)16-18-10-6-7-11-21(18)24(17-8-4-3-5-9-17)22(25)13-12-20-14-19(26)15-23(27)28-20/h3-13,19-20,26H,14-16H2,1-2H3/t19-,20-/m1/s1. The number of benzene rings is 2. The molecule has 1 saturated heterocycles. The van der Waals surface area contributed by atoms with Crippen molar-refractivity contribution in [2.75, 3.05) is 0 Å². The normalized spacial score (nSPS) is 24.2. The molecular weight excluding hydrogens is 348 g/mol. The lowest BCUT2D eigenvalue weighted by Gasteiger charge is -2.36. The number of ether oxygens (including phenoxy) is 1. The number of rotatable bonds is 3. The molecule has 1 N–H and O–H groups in total. The molecular formula is C25H26O3. The highest BCUT2D eigenvalue weighted by Crippen LogP contribution is 2.45. The van der Waals surface area contributed by atoms with Crippen LogP contribution in [0.2, 0.25) is 0 Å². The first-order valence-electron chi connectivity index (χ1n) is 9.88. The molecule has 2 aromatic rings. The number of aliphatic hydroxyl groups is 1. The van der Waals surface area contributed by atoms with Crippen LogP contribution in [0.1, 0.15) is 43.4 Å². The van der Waals surface area contributed by atoms with Crippen LogP contribution in [-0.2, 0) is 16.0 Å². The summed E-state index contributed by atoms with van der Waals surface area (Å²) in [6.07, 6.45) is 4.52. The molecule has 144 valence electrons. The van der Waals surface area contributed by atoms with E-state index in [4.69, 9.17) is 4.74 Å². The molecule has 4 rings (SSSR count). The Hall–Kier alpha value is -2.65. The Morgan fingerprint density at radius 3 is 2.54 bits per heavy atom. The van der Waals surface area contributed by atoms with Gasteiger partial charge in [0.1, 0.15) is 6.10 Å². The van der Waals surface area contributed by atoms with Crippen molar-refractivity contribution in [3.8, 4) is 0 Å². The zero-order valence-corrected chi connectivity index (χ0v) is 16.4. The lowest BCUT2D eigenvalue weighted by molar-refractivity contribution is -0.156. The van der Waals surface area contributed by atoms with Crippen molar-refractivity contribution in [1.29, 1.82) is 0 Å². The van der Waals surface area contributed by atoms with Gasteiger partial charge in [0.15, 0.2) is 0 Å². The highest BCUT2D eigenvalue weighted by Gasteiger charge is 2.33. The first-order valence-corrected chi connectivity index (χ1v) is 9.88. The van der Waals surface area contributed by atoms with Crippen molar-refractivity contribution < 1.29 is 14.6 Å². The number of fused-ring (bicyclic) bond motifs is 1. The van der Waals surface area contributed by atoms with Gasteiger partial charge in [-0.15, -0.1) is 0 Å². The van der Waals surface area contributed by atoms with Crippen LogP contribution < -0.4 is 0 Å². The van der Waals surface area contributed by atoms with E-state index in [9.17, 15) is 9.90 Å². The Morgan fingerprint density at radius 2 is 1.79 bits per heavy atom. The number of cyclic esters (lactones) is 1. The van der Waals surface area contributed by atoms with Crippen LogP contribution in [0.15, 0.2) is 72.3 Å². The Kier molecular flexibility index (Phi) is 4.94. The molecule has 2 atom stereocenters. The van der Waals surface area contributed by atoms with Gasteiger partial charge in [0.05, 0.1) is 12.5 Å². The zero-order valence-electron chi connectivity index (χ0n) is 16.4. The van der Waals surface area contributed by atoms with Gasteiger partial charge >= 0.3 is 5.97 Å². The van der Waals surface area contributed by atoms with Crippen molar-refractivity contribution in [3.05, 3.63) is 89.0 Å². The second-order valence-electron chi connectivity index (χ2n) is 8.35. The minimum atomic E-state index is -0.626. The van der Waals surface area contributed by atoms with Gasteiger partial charge < -0.3 is 9.84 Å². The molecule has 0 spiro atoms. The number of carbonyl (C=O) groups excluding carboxylic acids is 1. The second-order valence-corrected chi connectivity index (χ2v) is 8.35. The summed E-state index contributed by atoms with van der Waals surface area (Å²) in [7, 11) is 0. The van der Waals surface area contributed by atoms with Gasteiger partial charge in [0, 0.05) is 6.42 Å². The number of hydrogen-bond acceptors (Lipinski definition) is 3. The average Bonchev–Trinajstić information content (AvgIpc) is 2.65. The maximum absolute atomic E-state index is 11.7. The number of hydrogen-bond donors (Lipinski definition) is 1. The molecule has 0 radical (unpaired) electrons. The van der Waals surface area contributed by atoms with Crippen LogP contribution in [-0.4, -0.2) is 23.3 Å². The summed E-state index contributed by atoms with van der Waals surface area (Å²) < 4.78 is 5.42. The highest BCUT2D eigenvalue weighted by molar-refractivity contribution is 5.87. The van der Waals surface area contributed by atoms with E-state index in [1.165, 1.54) is 27.8 Å². The van der Waals surface area contributed by atoms with E-state index in [0.29, 0.717) is 6.42 Å². The van der Waals surface area contributed by atoms with Crippen LogP contribution in [0.5, 0.6) is 0 Å². The van der Waals surface area contributed by atoms with Crippen molar-refractivity contribution in [2.24, 2.45) is 5.41 Å². The maximum atomic E-state index is 11.7. The summed E-state index contributed by atoms with van der Waals surface area (Å²) in [6, 6.07) is 19.0. The molecule has 0 unspecified atom stereocenters. The van der Waals surface area contributed by atoms with Crippen LogP contribution in [0.3, 0.4) is 0 Å². The molecule has 2 aromatic carbocycles. The summed E-state index contributed by atoms with van der Waals surface area (Å²) in [5.41, 5.74) is 6.19. The summed E-state index contributed by atoms with van der Waals surface area (Å²) in [5, 5.41) is 9.90. The Bertz CT molecular complexity index is 937. The van der Waals surface area contributed by atoms with E-state index >= 15 is 0 Å². The molecule has 1 heterocycles. The van der Waals surface area contributed by atoms with E-state index in [1.807, 2.05) is 12.1 Å². The van der Waals surface area contributed by atoms with Crippen LogP contribution in [0.4, 0.5) is 0 Å². The third-order valence-electron chi connectivity index (χ3n) is 5.65. The van der Waals surface area contributed by atoms with Crippen molar-refractivity contribution >= 4 is 11.5 Å². The van der Waals surface area contributed by atoms with Crippen LogP contribution in [0.25, 0.3) is 5.57 Å². The van der Waals surface area contributed by atoms with Crippen molar-refractivity contribution in [1.82, 2.24) is 0 Å². The predicted octanol–water partition coefficient (Wildman–Crippen LogP) is 4.69. The van der Waals surface area contributed by atoms with Crippen molar-refractivity contribution in [2.45, 2.75) is 45.3 Å². The smallest absolute Gasteiger partial charge is 0.309 e. The first-order chi connectivity index (χ1) is 13.4. The molecule has 1 aliphatic heterocycles. The molecule has 0 bridgehead atoms. The van der Waals surface area contributed by atoms with Crippen LogP contribution in [0, 0.1) is 5.41 Å². The summed E-state index contributed by atoms with van der Waals surface area (Å²) in [4.78, 5) is 11.7. The second kappa shape index (κ2) is 7.40. The number of carbonyl (C=O) groups is 1. The van der Waals surface area contributed by atoms with E-state index in [-0.39, 0.29) is 23.9 Å². The Balaban J connectivity index is 1.83. The van der Waals surface area contributed by atoms with Crippen molar-refractivity contribution in [3.63, 3.8) is 0 Å². The molecule has 1 aliphatic carbocycles. The predicted molar refractivity (Wildman–Crippen MR) is 111 cm³/mol. The number of allylic oxidation sites excluding steroid dienone is 2. The average molecular weight is 374 g/mol. The SMILES string of the molecule is CC1(C)Cc2ccccc2C(c2ccccc2)=C1C=C[C@@H]1C[C@@H](O)CC(=O)O1. The minimum Gasteiger partial charge on any atom is -0.458 e. The fraction of sp³-hybridized carbons (Fsp3) is 0.320. The van der Waals surface area contributed by atoms with E-state index in [1.54, 1.807) is 0 Å². The van der Waals surface area contributed by atoms with Gasteiger partial charge in [-0.05, 0) is 45.7 Å². The topological polar surface area (TPSA) is 46.5 Å². The monoisotopic (exact) mass is 374 g/mol. The molecule has 0 aromatic heterocycles. The molecule has 0 amide bonds. The molecule has 28 heavy (non-hydrogen) atoms. The van der Waals surface area contributed by atoms with Gasteiger partial charge in [-0.25, -0.2) is 0 Å². The van der Waals surface area contributed by atoms with Crippen LogP contribution >= 0.6 is 0 Å². The zero-order chi connectivity index (χ0) is 19.7. The Morgan fingerprint density at radius 1 is 1.07 bits per heavy atom. The molecule has 0 saturated carbocycles. The minimum absolute atomic E-state index is 0.0622. The molecule has 3 nitrogen and oxygen atoms in total. The lowest BCUT2D eigenvalue weighted by atomic mass is 9.68. The van der Waals surface area contributed by atoms with Gasteiger partial charge in [0.2, 0.25) is 0 Å². The molecule has 2 aliphatic rings. The van der Waals surface area contributed by atoms with E-state index < -0.39 is 6.10 Å². The first kappa shape index (κ1) is 18.7. The fourth-order valence-electron chi connectivity index (χ4n) is 4.33. The summed E-state index contributed by atoms with van der Waals surface area (Å²) in [6.45, 7) is 4.51. The summed E-state index contributed by atoms with van der Waals surface area (Å²) in [5.74, 6) is -0.334. The van der Waals surface area contributed by atoms with Gasteiger partial charge in [0.25, 0.3) is 0 Å². The largest absolute Gasteiger partial charge is 0.458 e. The third-order valence-corrected chi connectivity index (χ3v) is 5.65. The third kappa shape index (κ3) is 3.67. The quantitative estimate of drug-likeness (QED) is 0.793. The number of aliphatic hydroxyl groups excluding tert-OH is 1. The fourth-order valence-corrected chi connectivity index (χ4v) is 4.33.